The van der Waals surface area contributed by atoms with Gasteiger partial charge < -0.3 is 20.4 Å². The Morgan fingerprint density at radius 2 is 0.545 bits per heavy atom. The first-order valence-corrected chi connectivity index (χ1v) is 16.7. The summed E-state index contributed by atoms with van der Waals surface area (Å²) in [5.41, 5.74) is 0. The second-order valence-corrected chi connectivity index (χ2v) is 14.3. The van der Waals surface area contributed by atoms with Crippen molar-refractivity contribution in [2.75, 3.05) is 0 Å². The van der Waals surface area contributed by atoms with Gasteiger partial charge in [0.05, 0.1) is 23.7 Å². The topological polar surface area (TPSA) is 149 Å². The van der Waals surface area contributed by atoms with E-state index in [-0.39, 0.29) is 23.7 Å². The second kappa shape index (κ2) is 14.3. The minimum absolute atomic E-state index is 0.0845. The average molecular weight is 609 g/mol. The van der Waals surface area contributed by atoms with Gasteiger partial charge in [-0.2, -0.15) is 0 Å². The lowest BCUT2D eigenvalue weighted by atomic mass is 9.69. The third-order valence-electron chi connectivity index (χ3n) is 11.6. The number of hydrogen-bond acceptors (Lipinski definition) is 4. The smallest absolute Gasteiger partial charge is 0.307 e. The number of fused-ring (bicyclic) bond motifs is 8. The Bertz CT molecular complexity index is 1010. The molecule has 12 unspecified atom stereocenters. The van der Waals surface area contributed by atoms with E-state index in [0.29, 0.717) is 47.3 Å². The van der Waals surface area contributed by atoms with E-state index in [1.54, 1.807) is 0 Å². The molecular formula is C36H48O8. The summed E-state index contributed by atoms with van der Waals surface area (Å²) in [5, 5.41) is 35.3. The first-order valence-electron chi connectivity index (χ1n) is 16.7. The molecule has 0 heterocycles. The van der Waals surface area contributed by atoms with Gasteiger partial charge in [0.15, 0.2) is 0 Å². The largest absolute Gasteiger partial charge is 0.481 e. The molecule has 12 atom stereocenters. The van der Waals surface area contributed by atoms with Gasteiger partial charge in [-0.25, -0.2) is 0 Å². The third-order valence-corrected chi connectivity index (χ3v) is 11.6. The van der Waals surface area contributed by atoms with Crippen LogP contribution in [-0.2, 0) is 19.2 Å². The van der Waals surface area contributed by atoms with Crippen LogP contribution in [0.4, 0.5) is 0 Å². The van der Waals surface area contributed by atoms with Crippen molar-refractivity contribution < 1.29 is 39.6 Å². The summed E-state index contributed by atoms with van der Waals surface area (Å²) in [6.45, 7) is 0. The molecule has 44 heavy (non-hydrogen) atoms. The summed E-state index contributed by atoms with van der Waals surface area (Å²) < 4.78 is 0. The highest BCUT2D eigenvalue weighted by Gasteiger charge is 2.38. The van der Waals surface area contributed by atoms with Gasteiger partial charge in [-0.3, -0.25) is 19.2 Å². The summed E-state index contributed by atoms with van der Waals surface area (Å²) in [6.07, 6.45) is 29.7. The average Bonchev–Trinajstić information content (AvgIpc) is 3.07. The lowest BCUT2D eigenvalue weighted by molar-refractivity contribution is -0.145. The molecule has 240 valence electrons. The molecule has 0 spiro atoms. The number of rotatable bonds is 4. The van der Waals surface area contributed by atoms with Crippen molar-refractivity contribution in [1.82, 2.24) is 0 Å². The summed E-state index contributed by atoms with van der Waals surface area (Å²) in [5.74, 6) is 0.783. The maximum Gasteiger partial charge on any atom is 0.307 e. The van der Waals surface area contributed by atoms with Crippen molar-refractivity contribution in [2.24, 2.45) is 71.0 Å². The van der Waals surface area contributed by atoms with E-state index in [1.165, 1.54) is 25.7 Å². The zero-order chi connectivity index (χ0) is 31.4. The van der Waals surface area contributed by atoms with Gasteiger partial charge in [-0.15, -0.1) is 0 Å². The maximum atomic E-state index is 10.7. The molecule has 0 radical (unpaired) electrons. The van der Waals surface area contributed by atoms with Gasteiger partial charge in [-0.1, -0.05) is 48.6 Å². The van der Waals surface area contributed by atoms with E-state index >= 15 is 0 Å². The van der Waals surface area contributed by atoms with Gasteiger partial charge in [0.25, 0.3) is 0 Å². The zero-order valence-corrected chi connectivity index (χ0v) is 25.5. The van der Waals surface area contributed by atoms with Crippen LogP contribution in [0.2, 0.25) is 0 Å². The maximum absolute atomic E-state index is 10.7. The van der Waals surface area contributed by atoms with E-state index in [2.05, 4.69) is 48.6 Å². The van der Waals surface area contributed by atoms with E-state index in [1.807, 2.05) is 0 Å². The molecule has 0 aromatic heterocycles. The highest BCUT2D eigenvalue weighted by atomic mass is 16.4. The number of hydrogen-bond donors (Lipinski definition) is 4. The minimum Gasteiger partial charge on any atom is -0.481 e. The third kappa shape index (κ3) is 7.73. The van der Waals surface area contributed by atoms with Gasteiger partial charge in [-0.05, 0) is 124 Å². The molecule has 12 rings (SSSR count). The molecule has 0 amide bonds. The van der Waals surface area contributed by atoms with E-state index in [9.17, 15) is 19.2 Å². The van der Waals surface area contributed by atoms with Crippen molar-refractivity contribution in [3.63, 3.8) is 0 Å². The van der Waals surface area contributed by atoms with Crippen LogP contribution in [0, 0.1) is 71.0 Å². The molecule has 12 aliphatic carbocycles. The van der Waals surface area contributed by atoms with Crippen LogP contribution in [0.5, 0.6) is 0 Å². The predicted octanol–water partition coefficient (Wildman–Crippen LogP) is 6.69. The Balaban J connectivity index is 0.000000116. The zero-order valence-electron chi connectivity index (χ0n) is 25.5. The molecule has 4 saturated carbocycles. The molecule has 4 fully saturated rings. The van der Waals surface area contributed by atoms with Crippen LogP contribution in [-0.4, -0.2) is 44.3 Å². The molecule has 4 N–H and O–H groups in total. The first-order chi connectivity index (χ1) is 21.1. The number of allylic oxidation sites excluding steroid dienone is 8. The molecule has 0 aromatic carbocycles. The lowest BCUT2D eigenvalue weighted by Crippen LogP contribution is -2.32. The summed E-state index contributed by atoms with van der Waals surface area (Å²) in [4.78, 5) is 42.8. The predicted molar refractivity (Wildman–Crippen MR) is 164 cm³/mol. The Morgan fingerprint density at radius 3 is 0.614 bits per heavy atom. The molecule has 8 heteroatoms. The fourth-order valence-electron chi connectivity index (χ4n) is 8.86. The van der Waals surface area contributed by atoms with Crippen LogP contribution in [0.25, 0.3) is 0 Å². The summed E-state index contributed by atoms with van der Waals surface area (Å²) >= 11 is 0. The highest BCUT2D eigenvalue weighted by molar-refractivity contribution is 5.72. The van der Waals surface area contributed by atoms with Crippen molar-refractivity contribution in [3.8, 4) is 0 Å². The molecular weight excluding hydrogens is 560 g/mol. The Morgan fingerprint density at radius 1 is 0.341 bits per heavy atom. The fourth-order valence-corrected chi connectivity index (χ4v) is 8.86. The first kappa shape index (κ1) is 32.2. The Hall–Kier alpha value is -3.16. The van der Waals surface area contributed by atoms with Crippen LogP contribution >= 0.6 is 0 Å². The highest BCUT2D eigenvalue weighted by Crippen LogP contribution is 2.42. The van der Waals surface area contributed by atoms with Crippen molar-refractivity contribution in [1.29, 1.82) is 0 Å². The molecule has 12 aliphatic rings. The number of carbonyl (C=O) groups is 4. The molecule has 0 saturated heterocycles. The normalized spacial score (nSPS) is 40.9. The van der Waals surface area contributed by atoms with Crippen LogP contribution in [0.15, 0.2) is 48.6 Å². The molecule has 0 aliphatic heterocycles. The molecule has 0 aromatic rings. The number of aliphatic carboxylic acids is 4. The second-order valence-electron chi connectivity index (χ2n) is 14.3. The fraction of sp³-hybridized carbons (Fsp3) is 0.667. The monoisotopic (exact) mass is 608 g/mol. The quantitative estimate of drug-likeness (QED) is 0.258. The van der Waals surface area contributed by atoms with Crippen molar-refractivity contribution in [3.05, 3.63) is 48.6 Å². The van der Waals surface area contributed by atoms with Gasteiger partial charge in [0.1, 0.15) is 0 Å². The van der Waals surface area contributed by atoms with Gasteiger partial charge in [0, 0.05) is 0 Å². The van der Waals surface area contributed by atoms with E-state index in [4.69, 9.17) is 20.4 Å². The molecule has 8 bridgehead atoms. The van der Waals surface area contributed by atoms with E-state index < -0.39 is 23.9 Å². The standard InChI is InChI=1S/4C9H12O2/c4*10-9(11)8-5-6-1-3-7(8)4-2-6/h4*1,3,6-8H,2,4-5H2,(H,10,11). The SMILES string of the molecule is O=C(O)C1CC2C=CC1CC2.O=C(O)C1CC2C=CC1CC2.O=C(O)C1CC2C=CC1CC2.O=C(O)C1CC2C=CC1CC2. The van der Waals surface area contributed by atoms with Crippen LogP contribution in [0.1, 0.15) is 77.0 Å². The lowest BCUT2D eigenvalue weighted by Gasteiger charge is -2.35. The molecule has 8 nitrogen and oxygen atoms in total. The van der Waals surface area contributed by atoms with E-state index in [0.717, 1.165) is 51.4 Å². The Labute approximate surface area is 260 Å². The van der Waals surface area contributed by atoms with Crippen LogP contribution in [0.3, 0.4) is 0 Å². The van der Waals surface area contributed by atoms with Crippen LogP contribution < -0.4 is 0 Å². The summed E-state index contributed by atoms with van der Waals surface area (Å²) in [6, 6.07) is 0. The van der Waals surface area contributed by atoms with Gasteiger partial charge >= 0.3 is 23.9 Å². The van der Waals surface area contributed by atoms with Crippen molar-refractivity contribution in [2.45, 2.75) is 77.0 Å². The van der Waals surface area contributed by atoms with Gasteiger partial charge in [0.2, 0.25) is 0 Å². The minimum atomic E-state index is -0.607. The number of carboxylic acids is 4. The van der Waals surface area contributed by atoms with Crippen molar-refractivity contribution >= 4 is 23.9 Å². The number of carboxylic acid groups (broad SMARTS) is 4. The Kier molecular flexibility index (Phi) is 10.5. The summed E-state index contributed by atoms with van der Waals surface area (Å²) in [7, 11) is 0.